The SMILES string of the molecule is CSN1CCN(c2ncc3c(-c4cc(C(F)(F)F)c(Cl)c(C)c4F)nn(C)c3n2)C(Cc2ccccc2)C1. The summed E-state index contributed by atoms with van der Waals surface area (Å²) in [5, 5.41) is 4.04. The number of aromatic nitrogens is 4. The second kappa shape index (κ2) is 10.3. The monoisotopic (exact) mass is 564 g/mol. The Morgan fingerprint density at radius 1 is 1.16 bits per heavy atom. The average Bonchev–Trinajstić information content (AvgIpc) is 3.22. The van der Waals surface area contributed by atoms with E-state index in [1.165, 1.54) is 23.4 Å². The molecule has 0 N–H and O–H groups in total. The number of rotatable bonds is 5. The van der Waals surface area contributed by atoms with E-state index in [1.54, 1.807) is 19.0 Å². The van der Waals surface area contributed by atoms with Gasteiger partial charge in [0.1, 0.15) is 11.5 Å². The van der Waals surface area contributed by atoms with Gasteiger partial charge in [-0.25, -0.2) is 18.4 Å². The maximum Gasteiger partial charge on any atom is 0.417 e. The van der Waals surface area contributed by atoms with Crippen LogP contribution in [-0.4, -0.2) is 56.0 Å². The highest BCUT2D eigenvalue weighted by atomic mass is 35.5. The summed E-state index contributed by atoms with van der Waals surface area (Å²) in [5.41, 5.74) is -0.0654. The molecule has 0 bridgehead atoms. The predicted molar refractivity (Wildman–Crippen MR) is 143 cm³/mol. The van der Waals surface area contributed by atoms with Crippen LogP contribution in [-0.2, 0) is 19.6 Å². The maximum absolute atomic E-state index is 15.2. The van der Waals surface area contributed by atoms with Crippen molar-refractivity contribution in [2.24, 2.45) is 7.05 Å². The largest absolute Gasteiger partial charge is 0.417 e. The molecule has 0 spiro atoms. The van der Waals surface area contributed by atoms with E-state index in [4.69, 9.17) is 16.6 Å². The van der Waals surface area contributed by atoms with Crippen LogP contribution in [0.1, 0.15) is 16.7 Å². The van der Waals surface area contributed by atoms with Crippen LogP contribution in [0, 0.1) is 12.7 Å². The molecule has 1 unspecified atom stereocenters. The van der Waals surface area contributed by atoms with E-state index in [2.05, 4.69) is 37.7 Å². The lowest BCUT2D eigenvalue weighted by atomic mass is 10.0. The Balaban J connectivity index is 1.56. The molecular weight excluding hydrogens is 540 g/mol. The fourth-order valence-electron chi connectivity index (χ4n) is 4.83. The van der Waals surface area contributed by atoms with Gasteiger partial charge >= 0.3 is 6.18 Å². The molecule has 0 amide bonds. The molecule has 1 fully saturated rings. The van der Waals surface area contributed by atoms with Crippen LogP contribution in [0.25, 0.3) is 22.3 Å². The number of benzene rings is 2. The Labute approximate surface area is 226 Å². The van der Waals surface area contributed by atoms with E-state index in [0.29, 0.717) is 29.6 Å². The lowest BCUT2D eigenvalue weighted by molar-refractivity contribution is -0.137. The molecule has 4 aromatic rings. The van der Waals surface area contributed by atoms with Crippen LogP contribution in [0.15, 0.2) is 42.6 Å². The molecule has 0 saturated carbocycles. The van der Waals surface area contributed by atoms with Gasteiger partial charge in [0.2, 0.25) is 5.95 Å². The molecule has 0 aliphatic carbocycles. The summed E-state index contributed by atoms with van der Waals surface area (Å²) in [6.07, 6.45) is -0.384. The van der Waals surface area contributed by atoms with Crippen LogP contribution in [0.3, 0.4) is 0 Å². The van der Waals surface area contributed by atoms with Crippen molar-refractivity contribution in [3.05, 3.63) is 70.1 Å². The fraction of sp³-hybridized carbons (Fsp3) is 0.346. The van der Waals surface area contributed by atoms with E-state index in [0.717, 1.165) is 19.5 Å². The van der Waals surface area contributed by atoms with E-state index >= 15 is 4.39 Å². The first-order chi connectivity index (χ1) is 18.1. The van der Waals surface area contributed by atoms with Gasteiger partial charge in [-0.1, -0.05) is 53.9 Å². The standard InChI is InChI=1S/C26H25ClF4N6S/c1-15-21(27)20(26(29,30)31)12-18(22(15)28)23-19-13-32-25(33-24(19)35(2)34-23)37-10-9-36(38-3)14-17(37)11-16-7-5-4-6-8-16/h4-8,12-13,17H,9-11,14H2,1-3H3. The maximum atomic E-state index is 15.2. The number of hydrogen-bond donors (Lipinski definition) is 0. The first kappa shape index (κ1) is 26.7. The molecule has 38 heavy (non-hydrogen) atoms. The molecule has 1 saturated heterocycles. The Morgan fingerprint density at radius 2 is 1.89 bits per heavy atom. The van der Waals surface area contributed by atoms with E-state index in [9.17, 15) is 13.2 Å². The molecule has 200 valence electrons. The normalized spacial score (nSPS) is 16.9. The summed E-state index contributed by atoms with van der Waals surface area (Å²) in [7, 11) is 1.63. The molecule has 1 aliphatic heterocycles. The summed E-state index contributed by atoms with van der Waals surface area (Å²) in [6, 6.07) is 11.0. The lowest BCUT2D eigenvalue weighted by Gasteiger charge is -2.40. The van der Waals surface area contributed by atoms with Gasteiger partial charge in [-0.15, -0.1) is 0 Å². The molecule has 5 rings (SSSR count). The van der Waals surface area contributed by atoms with Gasteiger partial charge in [-0.2, -0.15) is 23.3 Å². The van der Waals surface area contributed by atoms with E-state index in [1.807, 2.05) is 18.2 Å². The number of hydrogen-bond acceptors (Lipinski definition) is 6. The number of halogens is 5. The van der Waals surface area contributed by atoms with Crippen molar-refractivity contribution < 1.29 is 17.6 Å². The number of nitrogens with zero attached hydrogens (tertiary/aromatic N) is 6. The van der Waals surface area contributed by atoms with Crippen LogP contribution in [0.2, 0.25) is 5.02 Å². The number of piperazine rings is 1. The summed E-state index contributed by atoms with van der Waals surface area (Å²) in [4.78, 5) is 11.5. The average molecular weight is 565 g/mol. The summed E-state index contributed by atoms with van der Waals surface area (Å²) in [6.45, 7) is 3.55. The summed E-state index contributed by atoms with van der Waals surface area (Å²) < 4.78 is 59.8. The highest BCUT2D eigenvalue weighted by Gasteiger charge is 2.36. The quantitative estimate of drug-likeness (QED) is 0.214. The van der Waals surface area contributed by atoms with Gasteiger partial charge in [0.25, 0.3) is 0 Å². The first-order valence-electron chi connectivity index (χ1n) is 11.9. The van der Waals surface area contributed by atoms with Gasteiger partial charge in [0, 0.05) is 50.0 Å². The second-order valence-electron chi connectivity index (χ2n) is 9.21. The molecule has 0 radical (unpaired) electrons. The lowest BCUT2D eigenvalue weighted by Crippen LogP contribution is -2.52. The highest BCUT2D eigenvalue weighted by molar-refractivity contribution is 7.96. The van der Waals surface area contributed by atoms with Crippen molar-refractivity contribution in [3.8, 4) is 11.3 Å². The van der Waals surface area contributed by atoms with Gasteiger partial charge in [0.15, 0.2) is 5.65 Å². The van der Waals surface area contributed by atoms with Crippen LogP contribution >= 0.6 is 23.5 Å². The third-order valence-electron chi connectivity index (χ3n) is 6.82. The number of fused-ring (bicyclic) bond motifs is 1. The molecule has 12 heteroatoms. The van der Waals surface area contributed by atoms with Crippen LogP contribution in [0.5, 0.6) is 0 Å². The zero-order valence-corrected chi connectivity index (χ0v) is 22.5. The Hall–Kier alpha value is -2.89. The molecule has 6 nitrogen and oxygen atoms in total. The van der Waals surface area contributed by atoms with Crippen molar-refractivity contribution in [2.75, 3.05) is 30.8 Å². The Bertz CT molecular complexity index is 1480. The number of alkyl halides is 3. The predicted octanol–water partition coefficient (Wildman–Crippen LogP) is 6.16. The van der Waals surface area contributed by atoms with Crippen LogP contribution < -0.4 is 4.90 Å². The molecule has 2 aromatic heterocycles. The zero-order chi connectivity index (χ0) is 27.2. The third-order valence-corrected chi connectivity index (χ3v) is 8.16. The zero-order valence-electron chi connectivity index (χ0n) is 20.9. The molecule has 3 heterocycles. The van der Waals surface area contributed by atoms with Crippen molar-refractivity contribution in [2.45, 2.75) is 25.6 Å². The van der Waals surface area contributed by atoms with Crippen molar-refractivity contribution in [3.63, 3.8) is 0 Å². The van der Waals surface area contributed by atoms with Gasteiger partial charge in [0.05, 0.1) is 16.0 Å². The van der Waals surface area contributed by atoms with E-state index in [-0.39, 0.29) is 22.9 Å². The molecular formula is C26H25ClF4N6S. The first-order valence-corrected chi connectivity index (χ1v) is 13.5. The second-order valence-corrected chi connectivity index (χ2v) is 10.5. The third kappa shape index (κ3) is 4.94. The topological polar surface area (TPSA) is 50.1 Å². The highest BCUT2D eigenvalue weighted by Crippen LogP contribution is 2.41. The summed E-state index contributed by atoms with van der Waals surface area (Å²) >= 11 is 7.54. The smallest absolute Gasteiger partial charge is 0.335 e. The van der Waals surface area contributed by atoms with Crippen molar-refractivity contribution in [1.82, 2.24) is 24.1 Å². The number of anilines is 1. The molecule has 2 aromatic carbocycles. The van der Waals surface area contributed by atoms with Gasteiger partial charge in [-0.05, 0) is 31.2 Å². The summed E-state index contributed by atoms with van der Waals surface area (Å²) in [5.74, 6) is -0.360. The number of aryl methyl sites for hydroxylation is 1. The molecule has 1 aliphatic rings. The minimum atomic E-state index is -4.74. The van der Waals surface area contributed by atoms with Gasteiger partial charge in [-0.3, -0.25) is 0 Å². The van der Waals surface area contributed by atoms with E-state index < -0.39 is 22.6 Å². The van der Waals surface area contributed by atoms with Crippen molar-refractivity contribution >= 4 is 40.5 Å². The Kier molecular flexibility index (Phi) is 7.27. The van der Waals surface area contributed by atoms with Crippen LogP contribution in [0.4, 0.5) is 23.5 Å². The van der Waals surface area contributed by atoms with Crippen molar-refractivity contribution in [1.29, 1.82) is 0 Å². The Morgan fingerprint density at radius 3 is 2.58 bits per heavy atom. The fourth-order valence-corrected chi connectivity index (χ4v) is 5.66. The minimum absolute atomic E-state index is 0.0323. The molecule has 1 atom stereocenters. The minimum Gasteiger partial charge on any atom is -0.335 e. The van der Waals surface area contributed by atoms with Gasteiger partial charge < -0.3 is 4.90 Å².